The number of pyridine rings is 1. The fraction of sp³-hybridized carbons (Fsp3) is 0.107. The summed E-state index contributed by atoms with van der Waals surface area (Å²) in [5.74, 6) is 0.187. The van der Waals surface area contributed by atoms with E-state index in [-0.39, 0.29) is 21.3 Å². The Morgan fingerprint density at radius 3 is 2.23 bits per heavy atom. The molecule has 0 fully saturated rings. The van der Waals surface area contributed by atoms with Crippen LogP contribution in [0.1, 0.15) is 21.6 Å². The van der Waals surface area contributed by atoms with Crippen LogP contribution in [0.3, 0.4) is 0 Å². The Hall–Kier alpha value is -4.66. The summed E-state index contributed by atoms with van der Waals surface area (Å²) in [6.07, 6.45) is -3.52. The van der Waals surface area contributed by atoms with E-state index in [1.807, 2.05) is 0 Å². The van der Waals surface area contributed by atoms with Crippen LogP contribution in [0.4, 0.5) is 29.3 Å². The number of nitrogens with one attached hydrogen (secondary N) is 2. The van der Waals surface area contributed by atoms with Gasteiger partial charge >= 0.3 is 22.3 Å². The van der Waals surface area contributed by atoms with Gasteiger partial charge in [0.15, 0.2) is 0 Å². The minimum absolute atomic E-state index is 0.115. The molecule has 0 aliphatic heterocycles. The van der Waals surface area contributed by atoms with Crippen LogP contribution in [0.25, 0.3) is 0 Å². The molecule has 43 heavy (non-hydrogen) atoms. The number of ether oxygens (including phenoxy) is 1. The van der Waals surface area contributed by atoms with Gasteiger partial charge in [0, 0.05) is 25.0 Å². The highest BCUT2D eigenvalue weighted by atomic mass is 35.5. The van der Waals surface area contributed by atoms with Crippen LogP contribution in [-0.4, -0.2) is 32.4 Å². The van der Waals surface area contributed by atoms with E-state index in [2.05, 4.69) is 15.6 Å². The summed E-state index contributed by atoms with van der Waals surface area (Å²) in [5.41, 5.74) is -0.887. The van der Waals surface area contributed by atoms with Gasteiger partial charge in [-0.15, -0.1) is 4.28 Å². The zero-order valence-electron chi connectivity index (χ0n) is 22.3. The van der Waals surface area contributed by atoms with Crippen molar-refractivity contribution in [3.05, 3.63) is 107 Å². The lowest BCUT2D eigenvalue weighted by molar-refractivity contribution is -0.137. The number of urea groups is 1. The number of aromatic nitrogens is 1. The first kappa shape index (κ1) is 31.3. The number of halogens is 4. The lowest BCUT2D eigenvalue weighted by Gasteiger charge is -2.23. The minimum Gasteiger partial charge on any atom is -0.457 e. The molecule has 10 nitrogen and oxygen atoms in total. The van der Waals surface area contributed by atoms with Gasteiger partial charge in [0.1, 0.15) is 17.2 Å². The van der Waals surface area contributed by atoms with Crippen molar-refractivity contribution in [3.8, 4) is 11.5 Å². The zero-order chi connectivity index (χ0) is 31.4. The predicted molar refractivity (Wildman–Crippen MR) is 152 cm³/mol. The van der Waals surface area contributed by atoms with Crippen LogP contribution in [0.2, 0.25) is 5.02 Å². The van der Waals surface area contributed by atoms with Gasteiger partial charge in [-0.25, -0.2) is 4.79 Å². The number of anilines is 2. The average molecular weight is 635 g/mol. The van der Waals surface area contributed by atoms with Crippen molar-refractivity contribution < 1.29 is 40.2 Å². The Bertz CT molecular complexity index is 1750. The van der Waals surface area contributed by atoms with Crippen LogP contribution in [-0.2, 0) is 20.6 Å². The lowest BCUT2D eigenvalue weighted by Crippen LogP contribution is -2.37. The summed E-state index contributed by atoms with van der Waals surface area (Å²) < 4.78 is 77.4. The van der Waals surface area contributed by atoms with Crippen LogP contribution in [0.15, 0.2) is 90.0 Å². The van der Waals surface area contributed by atoms with E-state index < -0.39 is 44.5 Å². The number of aryl methyl sites for hydroxylation is 1. The largest absolute Gasteiger partial charge is 0.457 e. The van der Waals surface area contributed by atoms with Gasteiger partial charge in [-0.05, 0) is 67.6 Å². The summed E-state index contributed by atoms with van der Waals surface area (Å²) in [6.45, 7) is 1.72. The molecule has 0 saturated carbocycles. The Balaban J connectivity index is 1.60. The molecule has 3 amide bonds. The van der Waals surface area contributed by atoms with Gasteiger partial charge in [0.05, 0.1) is 21.2 Å². The van der Waals surface area contributed by atoms with Crippen molar-refractivity contribution in [2.24, 2.45) is 0 Å². The van der Waals surface area contributed by atoms with Crippen molar-refractivity contribution >= 4 is 45.0 Å². The van der Waals surface area contributed by atoms with Crippen molar-refractivity contribution in [1.82, 2.24) is 10.3 Å². The Kier molecular flexibility index (Phi) is 9.23. The second-order valence-electron chi connectivity index (χ2n) is 8.81. The third kappa shape index (κ3) is 7.80. The summed E-state index contributed by atoms with van der Waals surface area (Å²) in [5, 5.41) is 4.35. The van der Waals surface area contributed by atoms with Gasteiger partial charge in [0.25, 0.3) is 5.91 Å². The van der Waals surface area contributed by atoms with Gasteiger partial charge in [-0.1, -0.05) is 29.3 Å². The van der Waals surface area contributed by atoms with E-state index in [0.717, 1.165) is 17.7 Å². The first-order valence-electron chi connectivity index (χ1n) is 12.2. The van der Waals surface area contributed by atoms with Crippen molar-refractivity contribution in [3.63, 3.8) is 0 Å². The number of carbonyl (C=O) groups excluding carboxylic acids is 2. The minimum atomic E-state index is -4.91. The SMILES string of the molecule is CNC(=O)c1cc(Oc2ccc(NC(=O)N(OS(=O)(=O)c3ccc(C)cc3)c3ccc(Cl)c(C(F)(F)F)c3)cc2)ccn1. The molecular weight excluding hydrogens is 613 g/mol. The molecule has 3 aromatic carbocycles. The number of rotatable bonds is 8. The second-order valence-corrected chi connectivity index (χ2v) is 10.7. The molecule has 4 rings (SSSR count). The smallest absolute Gasteiger partial charge is 0.417 e. The van der Waals surface area contributed by atoms with Gasteiger partial charge in [-0.2, -0.15) is 26.7 Å². The molecule has 4 aromatic rings. The quantitative estimate of drug-likeness (QED) is 0.210. The highest BCUT2D eigenvalue weighted by Gasteiger charge is 2.35. The maximum absolute atomic E-state index is 13.6. The highest BCUT2D eigenvalue weighted by molar-refractivity contribution is 7.86. The van der Waals surface area contributed by atoms with E-state index >= 15 is 0 Å². The first-order chi connectivity index (χ1) is 20.3. The van der Waals surface area contributed by atoms with Crippen LogP contribution in [0, 0.1) is 6.92 Å². The second kappa shape index (κ2) is 12.7. The molecule has 1 aromatic heterocycles. The first-order valence-corrected chi connectivity index (χ1v) is 14.0. The van der Waals surface area contributed by atoms with E-state index in [4.69, 9.17) is 20.6 Å². The number of hydrogen-bond acceptors (Lipinski definition) is 7. The van der Waals surface area contributed by atoms with E-state index in [1.165, 1.54) is 73.9 Å². The molecule has 0 aliphatic carbocycles. The maximum atomic E-state index is 13.6. The zero-order valence-corrected chi connectivity index (χ0v) is 23.9. The Morgan fingerprint density at radius 2 is 1.60 bits per heavy atom. The third-order valence-corrected chi connectivity index (χ3v) is 7.21. The number of alkyl halides is 3. The number of benzene rings is 3. The molecule has 224 valence electrons. The topological polar surface area (TPSA) is 127 Å². The van der Waals surface area contributed by atoms with Crippen molar-refractivity contribution in [2.45, 2.75) is 18.0 Å². The lowest BCUT2D eigenvalue weighted by atomic mass is 10.2. The number of nitrogens with zero attached hydrogens (tertiary/aromatic N) is 2. The van der Waals surface area contributed by atoms with E-state index in [0.29, 0.717) is 17.6 Å². The molecule has 0 saturated heterocycles. The average Bonchev–Trinajstić information content (AvgIpc) is 2.96. The van der Waals surface area contributed by atoms with Crippen LogP contribution < -0.4 is 20.4 Å². The maximum Gasteiger partial charge on any atom is 0.417 e. The van der Waals surface area contributed by atoms with E-state index in [1.54, 1.807) is 6.92 Å². The Labute approximate surface area is 249 Å². The van der Waals surface area contributed by atoms with E-state index in [9.17, 15) is 31.2 Å². The van der Waals surface area contributed by atoms with Crippen LogP contribution in [0.5, 0.6) is 11.5 Å². The molecule has 1 heterocycles. The molecule has 0 radical (unpaired) electrons. The van der Waals surface area contributed by atoms with Crippen molar-refractivity contribution in [2.75, 3.05) is 17.4 Å². The van der Waals surface area contributed by atoms with Gasteiger partial charge in [-0.3, -0.25) is 9.78 Å². The molecular formula is C28H22ClF3N4O6S. The predicted octanol–water partition coefficient (Wildman–Crippen LogP) is 6.57. The van der Waals surface area contributed by atoms with Gasteiger partial charge in [0.2, 0.25) is 0 Å². The van der Waals surface area contributed by atoms with Crippen LogP contribution >= 0.6 is 11.6 Å². The highest BCUT2D eigenvalue weighted by Crippen LogP contribution is 2.37. The molecule has 0 bridgehead atoms. The summed E-state index contributed by atoms with van der Waals surface area (Å²) in [4.78, 5) is 28.7. The number of carbonyl (C=O) groups is 2. The Morgan fingerprint density at radius 1 is 0.930 bits per heavy atom. The molecule has 2 N–H and O–H groups in total. The number of hydroxylamine groups is 1. The fourth-order valence-electron chi connectivity index (χ4n) is 3.54. The monoisotopic (exact) mass is 634 g/mol. The third-order valence-electron chi connectivity index (χ3n) is 5.69. The molecule has 0 spiro atoms. The molecule has 0 atom stereocenters. The molecule has 0 aliphatic rings. The summed E-state index contributed by atoms with van der Waals surface area (Å²) >= 11 is 5.71. The normalized spacial score (nSPS) is 11.5. The molecule has 15 heteroatoms. The standard InChI is InChI=1S/C28H22ClF3N4O6S/c1-17-3-10-22(11-4-17)43(39,40)42-36(19-7-12-24(29)23(15-19)28(30,31)32)27(38)35-18-5-8-20(9-6-18)41-21-13-14-34-25(16-21)26(37)33-2/h3-16H,1-2H3,(H,33,37)(H,35,38). The number of amides is 3. The van der Waals surface area contributed by atoms with Crippen molar-refractivity contribution in [1.29, 1.82) is 0 Å². The molecule has 0 unspecified atom stereocenters. The summed E-state index contributed by atoms with van der Waals surface area (Å²) in [6, 6.07) is 15.2. The summed E-state index contributed by atoms with van der Waals surface area (Å²) in [7, 11) is -3.22. The number of hydrogen-bond donors (Lipinski definition) is 2. The van der Waals surface area contributed by atoms with Gasteiger partial charge < -0.3 is 15.4 Å². The fourth-order valence-corrected chi connectivity index (χ4v) is 4.67.